The summed E-state index contributed by atoms with van der Waals surface area (Å²) in [7, 11) is 0. The van der Waals surface area contributed by atoms with Gasteiger partial charge in [0.05, 0.1) is 5.56 Å². The van der Waals surface area contributed by atoms with E-state index in [9.17, 15) is 13.2 Å². The van der Waals surface area contributed by atoms with Crippen LogP contribution in [0.25, 0.3) is 0 Å². The van der Waals surface area contributed by atoms with Gasteiger partial charge in [0.2, 0.25) is 0 Å². The largest absolute Gasteiger partial charge is 0.416 e. The van der Waals surface area contributed by atoms with E-state index in [0.717, 1.165) is 18.4 Å². The minimum atomic E-state index is -4.26. The van der Waals surface area contributed by atoms with Gasteiger partial charge in [-0.2, -0.15) is 13.2 Å². The smallest absolute Gasteiger partial charge is 0.310 e. The van der Waals surface area contributed by atoms with Crippen molar-refractivity contribution in [2.45, 2.75) is 51.9 Å². The highest BCUT2D eigenvalue weighted by molar-refractivity contribution is 5.25. The summed E-state index contributed by atoms with van der Waals surface area (Å²) in [6, 6.07) is 6.01. The van der Waals surface area contributed by atoms with Gasteiger partial charge in [0.1, 0.15) is 0 Å². The quantitative estimate of drug-likeness (QED) is 0.851. The molecule has 3 unspecified atom stereocenters. The van der Waals surface area contributed by atoms with Crippen LogP contribution in [0.4, 0.5) is 13.2 Å². The molecule has 0 saturated heterocycles. The van der Waals surface area contributed by atoms with Gasteiger partial charge >= 0.3 is 6.18 Å². The molecule has 112 valence electrons. The van der Waals surface area contributed by atoms with E-state index in [2.05, 4.69) is 19.2 Å². The fourth-order valence-corrected chi connectivity index (χ4v) is 3.22. The first-order valence-electron chi connectivity index (χ1n) is 7.31. The van der Waals surface area contributed by atoms with Crippen LogP contribution in [0.3, 0.4) is 0 Å². The molecule has 1 aromatic carbocycles. The Labute approximate surface area is 118 Å². The summed E-state index contributed by atoms with van der Waals surface area (Å²) in [5.74, 6) is 1.35. The third-order valence-electron chi connectivity index (χ3n) is 4.57. The van der Waals surface area contributed by atoms with Crippen LogP contribution >= 0.6 is 0 Å². The van der Waals surface area contributed by atoms with Gasteiger partial charge in [0, 0.05) is 12.6 Å². The number of hydrogen-bond acceptors (Lipinski definition) is 1. The van der Waals surface area contributed by atoms with Gasteiger partial charge in [-0.15, -0.1) is 0 Å². The molecule has 0 amide bonds. The highest BCUT2D eigenvalue weighted by Crippen LogP contribution is 2.34. The summed E-state index contributed by atoms with van der Waals surface area (Å²) >= 11 is 0. The predicted molar refractivity (Wildman–Crippen MR) is 74.3 cm³/mol. The van der Waals surface area contributed by atoms with Crippen molar-refractivity contribution in [2.24, 2.45) is 11.8 Å². The lowest BCUT2D eigenvalue weighted by atomic mass is 9.93. The first kappa shape index (κ1) is 15.4. The lowest BCUT2D eigenvalue weighted by Gasteiger charge is -2.21. The average Bonchev–Trinajstić information content (AvgIpc) is 2.76. The summed E-state index contributed by atoms with van der Waals surface area (Å²) in [5.41, 5.74) is 0.134. The van der Waals surface area contributed by atoms with Crippen LogP contribution in [-0.2, 0) is 12.7 Å². The maximum Gasteiger partial charge on any atom is 0.416 e. The van der Waals surface area contributed by atoms with E-state index >= 15 is 0 Å². The summed E-state index contributed by atoms with van der Waals surface area (Å²) in [5, 5.41) is 3.42. The van der Waals surface area contributed by atoms with E-state index in [1.807, 2.05) is 0 Å². The molecule has 0 spiro atoms. The number of hydrogen-bond donors (Lipinski definition) is 1. The molecule has 2 rings (SSSR count). The number of benzene rings is 1. The van der Waals surface area contributed by atoms with Gasteiger partial charge in [0.25, 0.3) is 0 Å². The second kappa shape index (κ2) is 6.17. The highest BCUT2D eigenvalue weighted by atomic mass is 19.4. The van der Waals surface area contributed by atoms with E-state index in [4.69, 9.17) is 0 Å². The summed E-state index contributed by atoms with van der Waals surface area (Å²) < 4.78 is 37.9. The lowest BCUT2D eigenvalue weighted by Crippen LogP contribution is -2.32. The van der Waals surface area contributed by atoms with E-state index in [0.29, 0.717) is 24.1 Å². The van der Waals surface area contributed by atoms with E-state index in [1.165, 1.54) is 25.0 Å². The molecule has 3 atom stereocenters. The van der Waals surface area contributed by atoms with Crippen LogP contribution < -0.4 is 5.32 Å². The van der Waals surface area contributed by atoms with Gasteiger partial charge in [-0.3, -0.25) is 0 Å². The third kappa shape index (κ3) is 3.54. The van der Waals surface area contributed by atoms with Gasteiger partial charge in [0.15, 0.2) is 0 Å². The highest BCUT2D eigenvalue weighted by Gasteiger charge is 2.32. The topological polar surface area (TPSA) is 12.0 Å². The van der Waals surface area contributed by atoms with Crippen LogP contribution in [0.1, 0.15) is 44.2 Å². The molecule has 1 aliphatic rings. The zero-order chi connectivity index (χ0) is 14.8. The Morgan fingerprint density at radius 3 is 2.60 bits per heavy atom. The molecule has 20 heavy (non-hydrogen) atoms. The molecular formula is C16H22F3N. The van der Waals surface area contributed by atoms with Crippen molar-refractivity contribution in [1.82, 2.24) is 5.32 Å². The molecule has 0 radical (unpaired) electrons. The maximum atomic E-state index is 12.6. The Kier molecular flexibility index (Phi) is 4.74. The third-order valence-corrected chi connectivity index (χ3v) is 4.57. The van der Waals surface area contributed by atoms with E-state index in [1.54, 1.807) is 6.07 Å². The maximum absolute atomic E-state index is 12.6. The fourth-order valence-electron chi connectivity index (χ4n) is 3.22. The molecule has 1 aromatic rings. The molecule has 1 fully saturated rings. The number of nitrogens with one attached hydrogen (secondary N) is 1. The average molecular weight is 285 g/mol. The van der Waals surface area contributed by atoms with Crippen LogP contribution in [0.5, 0.6) is 0 Å². The first-order valence-corrected chi connectivity index (χ1v) is 7.31. The van der Waals surface area contributed by atoms with Crippen LogP contribution in [0.15, 0.2) is 24.3 Å². The monoisotopic (exact) mass is 285 g/mol. The summed E-state index contributed by atoms with van der Waals surface area (Å²) in [6.07, 6.45) is -0.733. The van der Waals surface area contributed by atoms with Crippen LogP contribution in [-0.4, -0.2) is 6.04 Å². The lowest BCUT2D eigenvalue weighted by molar-refractivity contribution is -0.137. The Hall–Kier alpha value is -1.03. The van der Waals surface area contributed by atoms with Crippen molar-refractivity contribution in [3.8, 4) is 0 Å². The van der Waals surface area contributed by atoms with Gasteiger partial charge in [-0.25, -0.2) is 0 Å². The van der Waals surface area contributed by atoms with Crippen LogP contribution in [0.2, 0.25) is 0 Å². The van der Waals surface area contributed by atoms with Crippen molar-refractivity contribution in [1.29, 1.82) is 0 Å². The first-order chi connectivity index (χ1) is 9.41. The zero-order valence-electron chi connectivity index (χ0n) is 12.0. The van der Waals surface area contributed by atoms with E-state index in [-0.39, 0.29) is 0 Å². The number of rotatable bonds is 4. The molecule has 0 bridgehead atoms. The summed E-state index contributed by atoms with van der Waals surface area (Å²) in [4.78, 5) is 0. The Balaban J connectivity index is 1.95. The Morgan fingerprint density at radius 1 is 1.25 bits per heavy atom. The van der Waals surface area contributed by atoms with Crippen molar-refractivity contribution in [2.75, 3.05) is 0 Å². The molecule has 0 aromatic heterocycles. The van der Waals surface area contributed by atoms with Crippen molar-refractivity contribution in [3.05, 3.63) is 35.4 Å². The number of halogens is 3. The van der Waals surface area contributed by atoms with Gasteiger partial charge in [-0.1, -0.05) is 38.5 Å². The molecule has 1 N–H and O–H groups in total. The van der Waals surface area contributed by atoms with E-state index < -0.39 is 11.7 Å². The second-order valence-electron chi connectivity index (χ2n) is 5.79. The Morgan fingerprint density at radius 2 is 2.00 bits per heavy atom. The van der Waals surface area contributed by atoms with Crippen molar-refractivity contribution < 1.29 is 13.2 Å². The standard InChI is InChI=1S/C16H22F3N/c1-3-13-7-8-15(11(13)2)20-10-12-5-4-6-14(9-12)16(17,18)19/h4-6,9,11,13,15,20H,3,7-8,10H2,1-2H3. The fraction of sp³-hybridized carbons (Fsp3) is 0.625. The minimum Gasteiger partial charge on any atom is -0.310 e. The molecule has 0 heterocycles. The molecule has 1 aliphatic carbocycles. The second-order valence-corrected chi connectivity index (χ2v) is 5.79. The molecule has 1 nitrogen and oxygen atoms in total. The minimum absolute atomic E-state index is 0.425. The normalized spacial score (nSPS) is 26.9. The van der Waals surface area contributed by atoms with Crippen molar-refractivity contribution >= 4 is 0 Å². The van der Waals surface area contributed by atoms with Gasteiger partial charge in [-0.05, 0) is 36.3 Å². The molecule has 0 aliphatic heterocycles. The van der Waals surface area contributed by atoms with Crippen molar-refractivity contribution in [3.63, 3.8) is 0 Å². The van der Waals surface area contributed by atoms with Crippen LogP contribution in [0, 0.1) is 11.8 Å². The SMILES string of the molecule is CCC1CCC(NCc2cccc(C(F)(F)F)c2)C1C. The summed E-state index contributed by atoms with van der Waals surface area (Å²) in [6.45, 7) is 4.96. The number of alkyl halides is 3. The van der Waals surface area contributed by atoms with Gasteiger partial charge < -0.3 is 5.32 Å². The molecule has 1 saturated carbocycles. The molecule has 4 heteroatoms. The predicted octanol–water partition coefficient (Wildman–Crippen LogP) is 4.62. The zero-order valence-corrected chi connectivity index (χ0v) is 12.0. The Bertz CT molecular complexity index is 442. The molecular weight excluding hydrogens is 263 g/mol.